The van der Waals surface area contributed by atoms with Gasteiger partial charge in [-0.25, -0.2) is 4.79 Å². The molecule has 3 N–H and O–H groups in total. The minimum Gasteiger partial charge on any atom is -0.454 e. The van der Waals surface area contributed by atoms with Crippen LogP contribution in [-0.2, 0) is 4.74 Å². The molecule has 2 aromatic carbocycles. The van der Waals surface area contributed by atoms with Crippen molar-refractivity contribution in [2.24, 2.45) is 0 Å². The maximum Gasteiger partial charge on any atom is 0.319 e. The molecule has 3 rings (SSSR count). The number of aryl methyl sites for hydroxylation is 1. The Kier molecular flexibility index (Phi) is 5.93. The summed E-state index contributed by atoms with van der Waals surface area (Å²) in [4.78, 5) is 12.2. The number of benzene rings is 2. The van der Waals surface area contributed by atoms with Gasteiger partial charge in [-0.1, -0.05) is 29.8 Å². The zero-order valence-corrected chi connectivity index (χ0v) is 14.5. The third-order valence-electron chi connectivity index (χ3n) is 3.94. The molecular weight excluding hydrogens is 336 g/mol. The molecule has 0 saturated heterocycles. The molecule has 138 valence electrons. The van der Waals surface area contributed by atoms with E-state index in [2.05, 4.69) is 10.6 Å². The van der Waals surface area contributed by atoms with Crippen LogP contribution in [0.15, 0.2) is 42.5 Å². The summed E-state index contributed by atoms with van der Waals surface area (Å²) in [6.45, 7) is 2.59. The smallest absolute Gasteiger partial charge is 0.319 e. The van der Waals surface area contributed by atoms with E-state index in [1.165, 1.54) is 0 Å². The number of rotatable bonds is 7. The number of carbonyl (C=O) groups excluding carboxylic acids is 1. The van der Waals surface area contributed by atoms with E-state index in [1.807, 2.05) is 31.2 Å². The molecule has 1 heterocycles. The molecular formula is C19H22N2O5. The second kappa shape index (κ2) is 8.55. The van der Waals surface area contributed by atoms with E-state index in [0.29, 0.717) is 17.2 Å². The normalized spacial score (nSPS) is 13.3. The number of hydrogen-bond donors (Lipinski definition) is 3. The summed E-state index contributed by atoms with van der Waals surface area (Å²) in [6, 6.07) is 12.7. The van der Waals surface area contributed by atoms with Crippen molar-refractivity contribution >= 4 is 11.7 Å². The molecule has 0 fully saturated rings. The van der Waals surface area contributed by atoms with Crippen molar-refractivity contribution in [2.75, 3.05) is 31.9 Å². The van der Waals surface area contributed by atoms with Crippen LogP contribution >= 0.6 is 0 Å². The molecule has 0 spiro atoms. The van der Waals surface area contributed by atoms with Crippen LogP contribution in [0.2, 0.25) is 0 Å². The molecule has 0 saturated carbocycles. The first-order chi connectivity index (χ1) is 12.7. The van der Waals surface area contributed by atoms with Gasteiger partial charge in [0.05, 0.1) is 19.3 Å². The highest BCUT2D eigenvalue weighted by Crippen LogP contribution is 2.34. The second-order valence-electron chi connectivity index (χ2n) is 5.90. The van der Waals surface area contributed by atoms with Crippen molar-refractivity contribution < 1.29 is 24.1 Å². The van der Waals surface area contributed by atoms with E-state index in [-0.39, 0.29) is 38.7 Å². The molecule has 1 atom stereocenters. The van der Waals surface area contributed by atoms with E-state index in [1.54, 1.807) is 18.2 Å². The Labute approximate surface area is 151 Å². The maximum atomic E-state index is 12.2. The number of hydrogen-bond acceptors (Lipinski definition) is 5. The first-order valence-corrected chi connectivity index (χ1v) is 8.39. The van der Waals surface area contributed by atoms with Crippen LogP contribution in [0.3, 0.4) is 0 Å². The third kappa shape index (κ3) is 4.65. The molecule has 0 bridgehead atoms. The molecule has 0 aromatic heterocycles. The fraction of sp³-hybridized carbons (Fsp3) is 0.316. The van der Waals surface area contributed by atoms with Crippen molar-refractivity contribution in [2.45, 2.75) is 13.0 Å². The lowest BCUT2D eigenvalue weighted by atomic mass is 10.1. The molecule has 0 aliphatic carbocycles. The van der Waals surface area contributed by atoms with Gasteiger partial charge in [0.2, 0.25) is 6.79 Å². The average molecular weight is 358 g/mol. The van der Waals surface area contributed by atoms with E-state index < -0.39 is 0 Å². The van der Waals surface area contributed by atoms with Crippen molar-refractivity contribution in [3.8, 4) is 11.5 Å². The lowest BCUT2D eigenvalue weighted by Crippen LogP contribution is -2.33. The highest BCUT2D eigenvalue weighted by Gasteiger charge is 2.16. The average Bonchev–Trinajstić information content (AvgIpc) is 3.10. The zero-order chi connectivity index (χ0) is 18.4. The Hall–Kier alpha value is -2.77. The van der Waals surface area contributed by atoms with Gasteiger partial charge in [0.25, 0.3) is 0 Å². The topological polar surface area (TPSA) is 89.1 Å². The van der Waals surface area contributed by atoms with Crippen molar-refractivity contribution in [3.05, 3.63) is 53.6 Å². The van der Waals surface area contributed by atoms with E-state index in [0.717, 1.165) is 11.1 Å². The number of carbonyl (C=O) groups is 1. The van der Waals surface area contributed by atoms with Crippen molar-refractivity contribution in [1.29, 1.82) is 0 Å². The lowest BCUT2D eigenvalue weighted by Gasteiger charge is -2.19. The van der Waals surface area contributed by atoms with Gasteiger partial charge in [-0.15, -0.1) is 0 Å². The fourth-order valence-corrected chi connectivity index (χ4v) is 2.58. The number of aliphatic hydroxyl groups is 1. The number of aliphatic hydroxyl groups excluding tert-OH is 1. The SMILES string of the molecule is Cc1ccc(C(CNC(=O)Nc2ccc3c(c2)OCO3)OCCO)cc1. The number of urea groups is 1. The number of anilines is 1. The summed E-state index contributed by atoms with van der Waals surface area (Å²) in [5.74, 6) is 1.26. The quantitative estimate of drug-likeness (QED) is 0.708. The predicted octanol–water partition coefficient (Wildman–Crippen LogP) is 2.60. The predicted molar refractivity (Wildman–Crippen MR) is 96.5 cm³/mol. The van der Waals surface area contributed by atoms with Gasteiger partial charge in [0.15, 0.2) is 11.5 Å². The molecule has 2 aromatic rings. The van der Waals surface area contributed by atoms with Crippen molar-refractivity contribution in [3.63, 3.8) is 0 Å². The Morgan fingerprint density at radius 3 is 2.73 bits per heavy atom. The second-order valence-corrected chi connectivity index (χ2v) is 5.90. The van der Waals surface area contributed by atoms with Crippen LogP contribution in [0.5, 0.6) is 11.5 Å². The highest BCUT2D eigenvalue weighted by molar-refractivity contribution is 5.89. The molecule has 1 aliphatic heterocycles. The Bertz CT molecular complexity index is 748. The van der Waals surface area contributed by atoms with E-state index in [9.17, 15) is 4.79 Å². The van der Waals surface area contributed by atoms with Crippen LogP contribution in [0, 0.1) is 6.92 Å². The van der Waals surface area contributed by atoms with Gasteiger partial charge in [-0.3, -0.25) is 0 Å². The summed E-state index contributed by atoms with van der Waals surface area (Å²) >= 11 is 0. The maximum absolute atomic E-state index is 12.2. The molecule has 26 heavy (non-hydrogen) atoms. The monoisotopic (exact) mass is 358 g/mol. The standard InChI is InChI=1S/C19H22N2O5/c1-13-2-4-14(5-3-13)18(24-9-8-22)11-20-19(23)21-15-6-7-16-17(10-15)26-12-25-16/h2-7,10,18,22H,8-9,11-12H2,1H3,(H2,20,21,23). The van der Waals surface area contributed by atoms with Gasteiger partial charge in [-0.05, 0) is 24.6 Å². The van der Waals surface area contributed by atoms with Crippen LogP contribution in [0.25, 0.3) is 0 Å². The number of nitrogens with one attached hydrogen (secondary N) is 2. The van der Waals surface area contributed by atoms with Gasteiger partial charge >= 0.3 is 6.03 Å². The number of amides is 2. The van der Waals surface area contributed by atoms with Crippen molar-refractivity contribution in [1.82, 2.24) is 5.32 Å². The number of ether oxygens (including phenoxy) is 3. The minimum atomic E-state index is -0.353. The lowest BCUT2D eigenvalue weighted by molar-refractivity contribution is 0.0297. The zero-order valence-electron chi connectivity index (χ0n) is 14.5. The summed E-state index contributed by atoms with van der Waals surface area (Å²) in [5.41, 5.74) is 2.69. The third-order valence-corrected chi connectivity index (χ3v) is 3.94. The number of fused-ring (bicyclic) bond motifs is 1. The largest absolute Gasteiger partial charge is 0.454 e. The molecule has 7 nitrogen and oxygen atoms in total. The van der Waals surface area contributed by atoms with Crippen LogP contribution < -0.4 is 20.1 Å². The summed E-state index contributed by atoms with van der Waals surface area (Å²) in [6.07, 6.45) is -0.342. The van der Waals surface area contributed by atoms with Crippen LogP contribution in [0.4, 0.5) is 10.5 Å². The minimum absolute atomic E-state index is 0.0776. The van der Waals surface area contributed by atoms with Gasteiger partial charge < -0.3 is 30.0 Å². The Balaban J connectivity index is 1.57. The van der Waals surface area contributed by atoms with E-state index in [4.69, 9.17) is 19.3 Å². The molecule has 7 heteroatoms. The van der Waals surface area contributed by atoms with Crippen LogP contribution in [0.1, 0.15) is 17.2 Å². The van der Waals surface area contributed by atoms with E-state index >= 15 is 0 Å². The van der Waals surface area contributed by atoms with Gasteiger partial charge in [0, 0.05) is 18.3 Å². The summed E-state index contributed by atoms with van der Waals surface area (Å²) < 4.78 is 16.2. The van der Waals surface area contributed by atoms with Crippen LogP contribution in [-0.4, -0.2) is 37.7 Å². The molecule has 1 aliphatic rings. The Morgan fingerprint density at radius 2 is 1.96 bits per heavy atom. The Morgan fingerprint density at radius 1 is 1.19 bits per heavy atom. The summed E-state index contributed by atoms with van der Waals surface area (Å²) in [7, 11) is 0. The summed E-state index contributed by atoms with van der Waals surface area (Å²) in [5, 5.41) is 14.6. The van der Waals surface area contributed by atoms with Gasteiger partial charge in [-0.2, -0.15) is 0 Å². The fourth-order valence-electron chi connectivity index (χ4n) is 2.58. The molecule has 2 amide bonds. The van der Waals surface area contributed by atoms with Gasteiger partial charge in [0.1, 0.15) is 0 Å². The molecule has 0 radical (unpaired) electrons. The molecule has 1 unspecified atom stereocenters. The first kappa shape index (κ1) is 18.0. The highest BCUT2D eigenvalue weighted by atomic mass is 16.7. The first-order valence-electron chi connectivity index (χ1n) is 8.39.